The molecule has 0 N–H and O–H groups in total. The van der Waals surface area contributed by atoms with Gasteiger partial charge in [-0.15, -0.1) is 0 Å². The lowest BCUT2D eigenvalue weighted by Gasteiger charge is -2.13. The molecular weight excluding hydrogens is 204 g/mol. The first-order valence-electron chi connectivity index (χ1n) is 6.19. The Morgan fingerprint density at radius 3 is 2.93 bits per heavy atom. The molecule has 1 aliphatic carbocycles. The summed E-state index contributed by atoms with van der Waals surface area (Å²) in [5, 5.41) is 0. The summed E-state index contributed by atoms with van der Waals surface area (Å²) in [6.07, 6.45) is 10.7. The molecule has 0 radical (unpaired) electrons. The van der Waals surface area contributed by atoms with Crippen LogP contribution in [0.3, 0.4) is 0 Å². The lowest BCUT2D eigenvalue weighted by atomic mass is 9.91. The van der Waals surface area contributed by atoms with E-state index in [2.05, 4.69) is 6.08 Å². The summed E-state index contributed by atoms with van der Waals surface area (Å²) in [6, 6.07) is 0. The number of allylic oxidation sites excluding steroid dienone is 2. The average Bonchev–Trinajstić information content (AvgIpc) is 2.68. The zero-order valence-corrected chi connectivity index (χ0v) is 10.2. The van der Waals surface area contributed by atoms with Crippen molar-refractivity contribution in [1.29, 1.82) is 0 Å². The van der Waals surface area contributed by atoms with Crippen LogP contribution in [0.4, 0.5) is 0 Å². The molecule has 2 heteroatoms. The minimum Gasteiger partial charge on any atom is -0.294 e. The fourth-order valence-corrected chi connectivity index (χ4v) is 3.64. The maximum Gasteiger partial charge on any atom is 0.162 e. The minimum absolute atomic E-state index is 0.348. The molecule has 1 atom stereocenters. The van der Waals surface area contributed by atoms with Gasteiger partial charge < -0.3 is 0 Å². The quantitative estimate of drug-likeness (QED) is 0.713. The van der Waals surface area contributed by atoms with Crippen LogP contribution < -0.4 is 0 Å². The highest BCUT2D eigenvalue weighted by molar-refractivity contribution is 7.99. The summed E-state index contributed by atoms with van der Waals surface area (Å²) >= 11 is 1.94. The topological polar surface area (TPSA) is 17.1 Å². The van der Waals surface area contributed by atoms with Gasteiger partial charge in [0.05, 0.1) is 0 Å². The molecule has 0 aromatic carbocycles. The van der Waals surface area contributed by atoms with Crippen LogP contribution in [-0.4, -0.2) is 17.3 Å². The summed E-state index contributed by atoms with van der Waals surface area (Å²) < 4.78 is 0. The lowest BCUT2D eigenvalue weighted by Crippen LogP contribution is -2.16. The monoisotopic (exact) mass is 224 g/mol. The molecule has 1 saturated heterocycles. The van der Waals surface area contributed by atoms with Gasteiger partial charge in [0.25, 0.3) is 0 Å². The van der Waals surface area contributed by atoms with Gasteiger partial charge in [0.15, 0.2) is 5.78 Å². The average molecular weight is 224 g/mol. The van der Waals surface area contributed by atoms with Gasteiger partial charge in [0.1, 0.15) is 0 Å². The molecule has 2 rings (SSSR count). The first-order valence-corrected chi connectivity index (χ1v) is 7.34. The Morgan fingerprint density at radius 2 is 2.13 bits per heavy atom. The van der Waals surface area contributed by atoms with E-state index in [9.17, 15) is 4.79 Å². The summed E-state index contributed by atoms with van der Waals surface area (Å²) in [7, 11) is 0. The first kappa shape index (κ1) is 11.3. The third-order valence-corrected chi connectivity index (χ3v) is 4.57. The zero-order valence-electron chi connectivity index (χ0n) is 9.34. The van der Waals surface area contributed by atoms with Crippen molar-refractivity contribution in [3.63, 3.8) is 0 Å². The van der Waals surface area contributed by atoms with E-state index >= 15 is 0 Å². The molecule has 1 unspecified atom stereocenters. The molecule has 15 heavy (non-hydrogen) atoms. The van der Waals surface area contributed by atoms with E-state index in [1.807, 2.05) is 11.8 Å². The Kier molecular flexibility index (Phi) is 4.30. The smallest absolute Gasteiger partial charge is 0.162 e. The number of rotatable bonds is 2. The van der Waals surface area contributed by atoms with Crippen LogP contribution in [0, 0.1) is 5.92 Å². The molecule has 0 aromatic heterocycles. The molecular formula is C13H20OS. The van der Waals surface area contributed by atoms with Crippen LogP contribution in [0.5, 0.6) is 0 Å². The van der Waals surface area contributed by atoms with E-state index in [0.29, 0.717) is 11.7 Å². The zero-order chi connectivity index (χ0) is 10.5. The van der Waals surface area contributed by atoms with Gasteiger partial charge in [0.2, 0.25) is 0 Å². The van der Waals surface area contributed by atoms with Gasteiger partial charge in [-0.25, -0.2) is 0 Å². The predicted molar refractivity (Wildman–Crippen MR) is 66.2 cm³/mol. The molecule has 1 heterocycles. The van der Waals surface area contributed by atoms with Gasteiger partial charge in [0, 0.05) is 11.7 Å². The normalized spacial score (nSPS) is 28.0. The number of Topliss-reactive ketones (excluding diaryl/α,β-unsaturated/α-hetero) is 1. The van der Waals surface area contributed by atoms with E-state index < -0.39 is 0 Å². The molecule has 2 aliphatic rings. The Hall–Kier alpha value is -0.240. The molecule has 0 saturated carbocycles. The first-order chi connectivity index (χ1) is 7.38. The highest BCUT2D eigenvalue weighted by atomic mass is 32.2. The van der Waals surface area contributed by atoms with Crippen LogP contribution in [0.2, 0.25) is 0 Å². The maximum atomic E-state index is 12.2. The number of ketones is 1. The second-order valence-corrected chi connectivity index (χ2v) is 5.76. The van der Waals surface area contributed by atoms with Crippen molar-refractivity contribution in [3.8, 4) is 0 Å². The molecule has 1 nitrogen and oxygen atoms in total. The van der Waals surface area contributed by atoms with Crippen LogP contribution in [0.25, 0.3) is 0 Å². The number of hydrogen-bond donors (Lipinski definition) is 0. The third kappa shape index (κ3) is 3.10. The molecule has 0 spiro atoms. The molecule has 1 fully saturated rings. The Morgan fingerprint density at radius 1 is 1.27 bits per heavy atom. The van der Waals surface area contributed by atoms with Crippen molar-refractivity contribution >= 4 is 17.5 Å². The third-order valence-electron chi connectivity index (χ3n) is 3.41. The summed E-state index contributed by atoms with van der Waals surface area (Å²) in [5.74, 6) is 3.07. The SMILES string of the molecule is O=C(C1=CCCCCCC1)C1CCSC1. The molecule has 0 bridgehead atoms. The maximum absolute atomic E-state index is 12.2. The van der Waals surface area contributed by atoms with Gasteiger partial charge in [-0.2, -0.15) is 11.8 Å². The number of carbonyl (C=O) groups is 1. The van der Waals surface area contributed by atoms with Crippen LogP contribution in [-0.2, 0) is 4.79 Å². The van der Waals surface area contributed by atoms with Crippen LogP contribution >= 0.6 is 11.8 Å². The van der Waals surface area contributed by atoms with E-state index in [0.717, 1.165) is 30.6 Å². The van der Waals surface area contributed by atoms with Gasteiger partial charge in [-0.1, -0.05) is 18.9 Å². The fraction of sp³-hybridized carbons (Fsp3) is 0.769. The van der Waals surface area contributed by atoms with Crippen molar-refractivity contribution in [2.75, 3.05) is 11.5 Å². The predicted octanol–water partition coefficient (Wildman–Crippen LogP) is 3.59. The number of hydrogen-bond acceptors (Lipinski definition) is 2. The van der Waals surface area contributed by atoms with Crippen molar-refractivity contribution in [2.45, 2.75) is 44.9 Å². The Bertz CT molecular complexity index is 251. The summed E-state index contributed by atoms with van der Waals surface area (Å²) in [6.45, 7) is 0. The van der Waals surface area contributed by atoms with Crippen molar-refractivity contribution in [2.24, 2.45) is 5.92 Å². The van der Waals surface area contributed by atoms with Gasteiger partial charge in [-0.05, 0) is 43.4 Å². The van der Waals surface area contributed by atoms with Crippen LogP contribution in [0.1, 0.15) is 44.9 Å². The van der Waals surface area contributed by atoms with E-state index in [-0.39, 0.29) is 0 Å². The molecule has 0 amide bonds. The number of thioether (sulfide) groups is 1. The van der Waals surface area contributed by atoms with E-state index in [4.69, 9.17) is 0 Å². The molecule has 1 aliphatic heterocycles. The van der Waals surface area contributed by atoms with Crippen LogP contribution in [0.15, 0.2) is 11.6 Å². The fourth-order valence-electron chi connectivity index (χ4n) is 2.42. The van der Waals surface area contributed by atoms with E-state index in [1.165, 1.54) is 31.4 Å². The second-order valence-electron chi connectivity index (χ2n) is 4.61. The van der Waals surface area contributed by atoms with Crippen molar-refractivity contribution in [1.82, 2.24) is 0 Å². The Labute approximate surface area is 96.7 Å². The molecule has 84 valence electrons. The van der Waals surface area contributed by atoms with Gasteiger partial charge >= 0.3 is 0 Å². The van der Waals surface area contributed by atoms with E-state index in [1.54, 1.807) is 0 Å². The Balaban J connectivity index is 1.96. The molecule has 0 aromatic rings. The standard InChI is InChI=1S/C13H20OS/c14-13(12-8-9-15-10-12)11-6-4-2-1-3-5-7-11/h6,12H,1-5,7-10H2. The summed E-state index contributed by atoms with van der Waals surface area (Å²) in [4.78, 5) is 12.2. The largest absolute Gasteiger partial charge is 0.294 e. The van der Waals surface area contributed by atoms with Gasteiger partial charge in [-0.3, -0.25) is 4.79 Å². The van der Waals surface area contributed by atoms with Crippen molar-refractivity contribution < 1.29 is 4.79 Å². The highest BCUT2D eigenvalue weighted by Gasteiger charge is 2.25. The lowest BCUT2D eigenvalue weighted by molar-refractivity contribution is -0.118. The minimum atomic E-state index is 0.348. The second kappa shape index (κ2) is 5.74. The van der Waals surface area contributed by atoms with Crippen molar-refractivity contribution in [3.05, 3.63) is 11.6 Å². The number of carbonyl (C=O) groups excluding carboxylic acids is 1. The highest BCUT2D eigenvalue weighted by Crippen LogP contribution is 2.28. The summed E-state index contributed by atoms with van der Waals surface area (Å²) in [5.41, 5.74) is 1.15.